The number of nitrogens with zero attached hydrogens (tertiary/aromatic N) is 4. The van der Waals surface area contributed by atoms with Crippen molar-refractivity contribution < 1.29 is 9.53 Å². The van der Waals surface area contributed by atoms with Crippen LogP contribution in [0.5, 0.6) is 0 Å². The summed E-state index contributed by atoms with van der Waals surface area (Å²) in [5.74, 6) is 0.619. The van der Waals surface area contributed by atoms with Gasteiger partial charge in [-0.2, -0.15) is 0 Å². The van der Waals surface area contributed by atoms with Crippen molar-refractivity contribution in [2.75, 3.05) is 18.5 Å². The number of benzene rings is 1. The molecule has 1 N–H and O–H groups in total. The summed E-state index contributed by atoms with van der Waals surface area (Å²) < 4.78 is 7.05. The molecule has 3 heterocycles. The van der Waals surface area contributed by atoms with Gasteiger partial charge in [0.15, 0.2) is 5.69 Å². The average Bonchev–Trinajstić information content (AvgIpc) is 3.27. The first-order chi connectivity index (χ1) is 11.8. The van der Waals surface area contributed by atoms with E-state index in [2.05, 4.69) is 20.6 Å². The van der Waals surface area contributed by atoms with Gasteiger partial charge >= 0.3 is 0 Å². The topological polar surface area (TPSA) is 81.9 Å². The molecule has 0 spiro atoms. The number of hydrogen-bond donors (Lipinski definition) is 1. The van der Waals surface area contributed by atoms with Crippen LogP contribution in [0.3, 0.4) is 0 Å². The van der Waals surface area contributed by atoms with Crippen molar-refractivity contribution in [1.29, 1.82) is 0 Å². The Labute approximate surface area is 138 Å². The molecule has 0 radical (unpaired) electrons. The smallest absolute Gasteiger partial charge is 0.278 e. The Morgan fingerprint density at radius 1 is 1.33 bits per heavy atom. The first kappa shape index (κ1) is 14.8. The van der Waals surface area contributed by atoms with Crippen molar-refractivity contribution in [1.82, 2.24) is 20.0 Å². The molecule has 122 valence electrons. The Bertz CT molecular complexity index is 870. The summed E-state index contributed by atoms with van der Waals surface area (Å²) in [4.78, 5) is 16.6. The van der Waals surface area contributed by atoms with Gasteiger partial charge in [-0.3, -0.25) is 9.48 Å². The molecule has 1 atom stereocenters. The zero-order valence-electron chi connectivity index (χ0n) is 13.1. The van der Waals surface area contributed by atoms with Crippen LogP contribution < -0.4 is 5.32 Å². The quantitative estimate of drug-likeness (QED) is 0.795. The van der Waals surface area contributed by atoms with Crippen LogP contribution in [0.4, 0.5) is 5.82 Å². The van der Waals surface area contributed by atoms with Crippen molar-refractivity contribution in [3.63, 3.8) is 0 Å². The van der Waals surface area contributed by atoms with Gasteiger partial charge in [-0.1, -0.05) is 29.5 Å². The van der Waals surface area contributed by atoms with E-state index in [0.29, 0.717) is 18.3 Å². The minimum Gasteiger partial charge on any atom is -0.381 e. The highest BCUT2D eigenvalue weighted by molar-refractivity contribution is 6.02. The number of carbonyl (C=O) groups excluding carboxylic acids is 1. The van der Waals surface area contributed by atoms with E-state index in [1.807, 2.05) is 30.3 Å². The number of carbonyl (C=O) groups is 1. The standard InChI is InChI=1S/C17H17N5O2/c23-17(15-10-22(21-20-15)9-12-5-6-24-11-12)19-16-7-13-3-1-2-4-14(13)8-18-16/h1-4,7-8,10,12H,5-6,9,11H2,(H,18,19,23). The Morgan fingerprint density at radius 2 is 2.21 bits per heavy atom. The lowest BCUT2D eigenvalue weighted by molar-refractivity contribution is 0.102. The van der Waals surface area contributed by atoms with Crippen molar-refractivity contribution in [3.05, 3.63) is 48.4 Å². The fourth-order valence-corrected chi connectivity index (χ4v) is 2.82. The molecule has 0 bridgehead atoms. The fraction of sp³-hybridized carbons (Fsp3) is 0.294. The van der Waals surface area contributed by atoms with Crippen LogP contribution in [-0.4, -0.2) is 39.1 Å². The van der Waals surface area contributed by atoms with Crippen molar-refractivity contribution in [2.24, 2.45) is 5.92 Å². The van der Waals surface area contributed by atoms with Crippen LogP contribution in [0.25, 0.3) is 10.8 Å². The second-order valence-electron chi connectivity index (χ2n) is 5.93. The molecule has 1 aromatic carbocycles. The van der Waals surface area contributed by atoms with Crippen LogP contribution in [0.15, 0.2) is 42.7 Å². The molecular weight excluding hydrogens is 306 g/mol. The Kier molecular flexibility index (Phi) is 3.92. The van der Waals surface area contributed by atoms with E-state index in [1.165, 1.54) is 0 Å². The second-order valence-corrected chi connectivity index (χ2v) is 5.93. The van der Waals surface area contributed by atoms with Crippen molar-refractivity contribution >= 4 is 22.5 Å². The van der Waals surface area contributed by atoms with E-state index in [4.69, 9.17) is 4.74 Å². The molecule has 1 amide bonds. The maximum Gasteiger partial charge on any atom is 0.278 e. The first-order valence-electron chi connectivity index (χ1n) is 7.92. The van der Waals surface area contributed by atoms with Gasteiger partial charge in [-0.25, -0.2) is 4.98 Å². The van der Waals surface area contributed by atoms with Crippen LogP contribution in [0.2, 0.25) is 0 Å². The largest absolute Gasteiger partial charge is 0.381 e. The second kappa shape index (κ2) is 6.37. The molecule has 7 nitrogen and oxygen atoms in total. The summed E-state index contributed by atoms with van der Waals surface area (Å²) in [5, 5.41) is 12.8. The molecule has 2 aromatic heterocycles. The fourth-order valence-electron chi connectivity index (χ4n) is 2.82. The third-order valence-electron chi connectivity index (χ3n) is 4.11. The highest BCUT2D eigenvalue weighted by Gasteiger charge is 2.18. The molecule has 1 unspecified atom stereocenters. The van der Waals surface area contributed by atoms with Gasteiger partial charge in [0, 0.05) is 30.7 Å². The predicted molar refractivity (Wildman–Crippen MR) is 88.6 cm³/mol. The maximum atomic E-state index is 12.3. The van der Waals surface area contributed by atoms with Crippen molar-refractivity contribution in [3.8, 4) is 0 Å². The van der Waals surface area contributed by atoms with E-state index in [1.54, 1.807) is 17.1 Å². The van der Waals surface area contributed by atoms with E-state index in [9.17, 15) is 4.79 Å². The average molecular weight is 323 g/mol. The molecule has 3 aromatic rings. The minimum atomic E-state index is -0.313. The molecule has 0 aliphatic carbocycles. The first-order valence-corrected chi connectivity index (χ1v) is 7.92. The van der Waals surface area contributed by atoms with E-state index in [-0.39, 0.29) is 11.6 Å². The van der Waals surface area contributed by atoms with Crippen LogP contribution >= 0.6 is 0 Å². The van der Waals surface area contributed by atoms with Crippen LogP contribution in [0, 0.1) is 5.92 Å². The minimum absolute atomic E-state index is 0.281. The van der Waals surface area contributed by atoms with Crippen LogP contribution in [-0.2, 0) is 11.3 Å². The molecule has 1 saturated heterocycles. The van der Waals surface area contributed by atoms with E-state index in [0.717, 1.165) is 30.4 Å². The van der Waals surface area contributed by atoms with Gasteiger partial charge < -0.3 is 10.1 Å². The van der Waals surface area contributed by atoms with E-state index < -0.39 is 0 Å². The number of aromatic nitrogens is 4. The Morgan fingerprint density at radius 3 is 3.04 bits per heavy atom. The Hall–Kier alpha value is -2.80. The Balaban J connectivity index is 1.45. The summed E-state index contributed by atoms with van der Waals surface area (Å²) in [6.45, 7) is 2.25. The maximum absolute atomic E-state index is 12.3. The molecule has 1 aliphatic rings. The third kappa shape index (κ3) is 3.11. The molecular formula is C17H17N5O2. The van der Waals surface area contributed by atoms with Gasteiger partial charge in [-0.05, 0) is 17.9 Å². The summed E-state index contributed by atoms with van der Waals surface area (Å²) in [7, 11) is 0. The number of nitrogens with one attached hydrogen (secondary N) is 1. The predicted octanol–water partition coefficient (Wildman–Crippen LogP) is 2.12. The third-order valence-corrected chi connectivity index (χ3v) is 4.11. The van der Waals surface area contributed by atoms with Gasteiger partial charge in [0.25, 0.3) is 5.91 Å². The number of fused-ring (bicyclic) bond motifs is 1. The molecule has 24 heavy (non-hydrogen) atoms. The van der Waals surface area contributed by atoms with Gasteiger partial charge in [0.1, 0.15) is 5.82 Å². The SMILES string of the molecule is O=C(Nc1cc2ccccc2cn1)c1cn(CC2CCOC2)nn1. The summed E-state index contributed by atoms with van der Waals surface area (Å²) in [6.07, 6.45) is 4.42. The van der Waals surface area contributed by atoms with Gasteiger partial charge in [0.05, 0.1) is 12.8 Å². The normalized spacial score (nSPS) is 17.2. The van der Waals surface area contributed by atoms with Gasteiger partial charge in [-0.15, -0.1) is 5.10 Å². The highest BCUT2D eigenvalue weighted by Crippen LogP contribution is 2.17. The van der Waals surface area contributed by atoms with Gasteiger partial charge in [0.2, 0.25) is 0 Å². The number of pyridine rings is 1. The number of anilines is 1. The lowest BCUT2D eigenvalue weighted by Gasteiger charge is -2.05. The molecule has 1 fully saturated rings. The highest BCUT2D eigenvalue weighted by atomic mass is 16.5. The monoisotopic (exact) mass is 323 g/mol. The molecule has 4 rings (SSSR count). The number of ether oxygens (including phenoxy) is 1. The number of hydrogen-bond acceptors (Lipinski definition) is 5. The molecule has 7 heteroatoms. The molecule has 0 saturated carbocycles. The summed E-state index contributed by atoms with van der Waals surface area (Å²) in [5.41, 5.74) is 0.281. The number of rotatable bonds is 4. The zero-order chi connectivity index (χ0) is 16.4. The van der Waals surface area contributed by atoms with Crippen LogP contribution in [0.1, 0.15) is 16.9 Å². The number of amides is 1. The summed E-state index contributed by atoms with van der Waals surface area (Å²) in [6, 6.07) is 9.70. The summed E-state index contributed by atoms with van der Waals surface area (Å²) >= 11 is 0. The zero-order valence-corrected chi connectivity index (χ0v) is 13.1. The molecule has 1 aliphatic heterocycles. The lowest BCUT2D eigenvalue weighted by atomic mass is 10.1. The lowest BCUT2D eigenvalue weighted by Crippen LogP contribution is -2.13. The van der Waals surface area contributed by atoms with E-state index >= 15 is 0 Å². The van der Waals surface area contributed by atoms with Crippen molar-refractivity contribution in [2.45, 2.75) is 13.0 Å².